The number of carbonyl (C=O) groups excluding carboxylic acids is 1. The maximum absolute atomic E-state index is 12.3. The van der Waals surface area contributed by atoms with E-state index in [1.165, 1.54) is 24.3 Å². The lowest BCUT2D eigenvalue weighted by Crippen LogP contribution is -2.16. The van der Waals surface area contributed by atoms with E-state index < -0.39 is 11.9 Å². The summed E-state index contributed by atoms with van der Waals surface area (Å²) in [4.78, 5) is 23.5. The second kappa shape index (κ2) is 5.97. The van der Waals surface area contributed by atoms with Gasteiger partial charge in [-0.1, -0.05) is 6.07 Å². The minimum Gasteiger partial charge on any atom is -0.508 e. The summed E-state index contributed by atoms with van der Waals surface area (Å²) < 4.78 is 0.479. The van der Waals surface area contributed by atoms with Crippen LogP contribution < -0.4 is 5.32 Å². The second-order valence-electron chi connectivity index (χ2n) is 4.42. The van der Waals surface area contributed by atoms with E-state index in [0.29, 0.717) is 15.6 Å². The quantitative estimate of drug-likeness (QED) is 0.792. The number of carbonyl (C=O) groups is 2. The molecule has 0 aliphatic carbocycles. The average Bonchev–Trinajstić information content (AvgIpc) is 2.40. The summed E-state index contributed by atoms with van der Waals surface area (Å²) in [6, 6.07) is 8.98. The molecule has 0 aromatic heterocycles. The van der Waals surface area contributed by atoms with Crippen LogP contribution in [0.2, 0.25) is 0 Å². The summed E-state index contributed by atoms with van der Waals surface area (Å²) in [6.45, 7) is 1.69. The van der Waals surface area contributed by atoms with Crippen molar-refractivity contribution in [2.75, 3.05) is 5.32 Å². The molecule has 2 aromatic carbocycles. The maximum Gasteiger partial charge on any atom is 0.337 e. The van der Waals surface area contributed by atoms with Crippen molar-refractivity contribution < 1.29 is 19.8 Å². The van der Waals surface area contributed by atoms with E-state index in [2.05, 4.69) is 21.2 Å². The predicted molar refractivity (Wildman–Crippen MR) is 81.9 cm³/mol. The Bertz CT molecular complexity index is 728. The molecule has 0 saturated carbocycles. The molecule has 0 radical (unpaired) electrons. The van der Waals surface area contributed by atoms with Crippen LogP contribution >= 0.6 is 15.9 Å². The highest BCUT2D eigenvalue weighted by Gasteiger charge is 2.17. The Morgan fingerprint density at radius 2 is 1.86 bits per heavy atom. The molecule has 0 heterocycles. The van der Waals surface area contributed by atoms with Crippen LogP contribution in [-0.4, -0.2) is 22.1 Å². The second-order valence-corrected chi connectivity index (χ2v) is 5.28. The molecule has 21 heavy (non-hydrogen) atoms. The number of aromatic hydroxyl groups is 1. The van der Waals surface area contributed by atoms with E-state index in [1.807, 2.05) is 0 Å². The SMILES string of the molecule is Cc1cc(O)ccc1C(=O)Nc1c(Br)cccc1C(=O)O. The van der Waals surface area contributed by atoms with Crippen molar-refractivity contribution in [3.8, 4) is 5.75 Å². The highest BCUT2D eigenvalue weighted by Crippen LogP contribution is 2.27. The van der Waals surface area contributed by atoms with Crippen LogP contribution in [0, 0.1) is 6.92 Å². The topological polar surface area (TPSA) is 86.6 Å². The lowest BCUT2D eigenvalue weighted by molar-refractivity contribution is 0.0698. The number of halogens is 1. The molecule has 0 spiro atoms. The van der Waals surface area contributed by atoms with Gasteiger partial charge in [-0.15, -0.1) is 0 Å². The summed E-state index contributed by atoms with van der Waals surface area (Å²) in [6.07, 6.45) is 0. The van der Waals surface area contributed by atoms with Gasteiger partial charge in [0.2, 0.25) is 0 Å². The van der Waals surface area contributed by atoms with Gasteiger partial charge < -0.3 is 15.5 Å². The molecule has 0 atom stereocenters. The highest BCUT2D eigenvalue weighted by molar-refractivity contribution is 9.10. The number of phenolic OH excluding ortho intramolecular Hbond substituents is 1. The fourth-order valence-electron chi connectivity index (χ4n) is 1.91. The molecule has 0 fully saturated rings. The molecule has 5 nitrogen and oxygen atoms in total. The summed E-state index contributed by atoms with van der Waals surface area (Å²) in [5.41, 5.74) is 1.15. The van der Waals surface area contributed by atoms with Crippen LogP contribution in [-0.2, 0) is 0 Å². The minimum absolute atomic E-state index is 0.00541. The maximum atomic E-state index is 12.3. The number of aryl methyl sites for hydroxylation is 1. The van der Waals surface area contributed by atoms with Gasteiger partial charge in [-0.05, 0) is 58.7 Å². The van der Waals surface area contributed by atoms with Gasteiger partial charge in [0, 0.05) is 10.0 Å². The van der Waals surface area contributed by atoms with Gasteiger partial charge >= 0.3 is 5.97 Å². The lowest BCUT2D eigenvalue weighted by atomic mass is 10.1. The van der Waals surface area contributed by atoms with E-state index >= 15 is 0 Å². The third-order valence-electron chi connectivity index (χ3n) is 2.94. The van der Waals surface area contributed by atoms with Crippen molar-refractivity contribution in [1.29, 1.82) is 0 Å². The van der Waals surface area contributed by atoms with Gasteiger partial charge in [-0.2, -0.15) is 0 Å². The molecular weight excluding hydrogens is 338 g/mol. The molecule has 2 aromatic rings. The van der Waals surface area contributed by atoms with E-state index in [0.717, 1.165) is 0 Å². The number of phenols is 1. The zero-order valence-corrected chi connectivity index (χ0v) is 12.6. The van der Waals surface area contributed by atoms with Crippen LogP contribution in [0.15, 0.2) is 40.9 Å². The van der Waals surface area contributed by atoms with Crippen molar-refractivity contribution in [3.63, 3.8) is 0 Å². The summed E-state index contributed by atoms with van der Waals surface area (Å²) in [7, 11) is 0. The first kappa shape index (κ1) is 15.1. The normalized spacial score (nSPS) is 10.2. The van der Waals surface area contributed by atoms with Crippen molar-refractivity contribution in [3.05, 3.63) is 57.6 Å². The molecule has 1 amide bonds. The fraction of sp³-hybridized carbons (Fsp3) is 0.0667. The molecule has 6 heteroatoms. The number of hydrogen-bond acceptors (Lipinski definition) is 3. The zero-order valence-electron chi connectivity index (χ0n) is 11.1. The van der Waals surface area contributed by atoms with Crippen LogP contribution in [0.4, 0.5) is 5.69 Å². The number of nitrogens with one attached hydrogen (secondary N) is 1. The number of anilines is 1. The lowest BCUT2D eigenvalue weighted by Gasteiger charge is -2.12. The van der Waals surface area contributed by atoms with Gasteiger partial charge in [-0.25, -0.2) is 4.79 Å². The Labute approximate surface area is 129 Å². The summed E-state index contributed by atoms with van der Waals surface area (Å²) in [5.74, 6) is -1.51. The van der Waals surface area contributed by atoms with E-state index in [-0.39, 0.29) is 17.0 Å². The molecular formula is C15H12BrNO4. The Morgan fingerprint density at radius 1 is 1.14 bits per heavy atom. The van der Waals surface area contributed by atoms with E-state index in [1.54, 1.807) is 19.1 Å². The minimum atomic E-state index is -1.13. The van der Waals surface area contributed by atoms with Gasteiger partial charge in [-0.3, -0.25) is 4.79 Å². The van der Waals surface area contributed by atoms with Crippen molar-refractivity contribution in [2.24, 2.45) is 0 Å². The highest BCUT2D eigenvalue weighted by atomic mass is 79.9. The molecule has 2 rings (SSSR count). The standard InChI is InChI=1S/C15H12BrNO4/c1-8-7-9(18)5-6-10(8)14(19)17-13-11(15(20)21)3-2-4-12(13)16/h2-7,18H,1H3,(H,17,19)(H,20,21). The first-order valence-electron chi connectivity index (χ1n) is 6.03. The summed E-state index contributed by atoms with van der Waals surface area (Å²) in [5, 5.41) is 21.1. The number of hydrogen-bond donors (Lipinski definition) is 3. The Hall–Kier alpha value is -2.34. The molecule has 3 N–H and O–H groups in total. The molecule has 0 unspecified atom stereocenters. The van der Waals surface area contributed by atoms with E-state index in [4.69, 9.17) is 5.11 Å². The number of benzene rings is 2. The van der Waals surface area contributed by atoms with Crippen molar-refractivity contribution in [1.82, 2.24) is 0 Å². The molecule has 108 valence electrons. The number of amides is 1. The van der Waals surface area contributed by atoms with Crippen LogP contribution in [0.3, 0.4) is 0 Å². The Kier molecular flexibility index (Phi) is 4.28. The number of para-hydroxylation sites is 1. The smallest absolute Gasteiger partial charge is 0.337 e. The third kappa shape index (κ3) is 3.22. The summed E-state index contributed by atoms with van der Waals surface area (Å²) >= 11 is 3.23. The third-order valence-corrected chi connectivity index (χ3v) is 3.60. The Balaban J connectivity index is 2.38. The van der Waals surface area contributed by atoms with Crippen molar-refractivity contribution in [2.45, 2.75) is 6.92 Å². The first-order chi connectivity index (χ1) is 9.90. The number of carboxylic acids is 1. The fourth-order valence-corrected chi connectivity index (χ4v) is 2.38. The van der Waals surface area contributed by atoms with Crippen molar-refractivity contribution >= 4 is 33.5 Å². The number of rotatable bonds is 3. The molecule has 0 aliphatic heterocycles. The zero-order chi connectivity index (χ0) is 15.6. The first-order valence-corrected chi connectivity index (χ1v) is 6.82. The van der Waals surface area contributed by atoms with Gasteiger partial charge in [0.1, 0.15) is 5.75 Å². The molecule has 0 saturated heterocycles. The van der Waals surface area contributed by atoms with Crippen LogP contribution in [0.5, 0.6) is 5.75 Å². The monoisotopic (exact) mass is 349 g/mol. The van der Waals surface area contributed by atoms with Crippen LogP contribution in [0.25, 0.3) is 0 Å². The Morgan fingerprint density at radius 3 is 2.48 bits per heavy atom. The molecule has 0 aliphatic rings. The van der Waals surface area contributed by atoms with Gasteiger partial charge in [0.05, 0.1) is 11.3 Å². The average molecular weight is 350 g/mol. The van der Waals surface area contributed by atoms with Gasteiger partial charge in [0.25, 0.3) is 5.91 Å². The molecule has 0 bridgehead atoms. The van der Waals surface area contributed by atoms with Crippen LogP contribution in [0.1, 0.15) is 26.3 Å². The predicted octanol–water partition coefficient (Wildman–Crippen LogP) is 3.41. The number of carboxylic acid groups (broad SMARTS) is 1. The number of aromatic carboxylic acids is 1. The van der Waals surface area contributed by atoms with Gasteiger partial charge in [0.15, 0.2) is 0 Å². The van der Waals surface area contributed by atoms with E-state index in [9.17, 15) is 14.7 Å². The largest absolute Gasteiger partial charge is 0.508 e.